The molecular formula is C17H17BrClN. The lowest BCUT2D eigenvalue weighted by Crippen LogP contribution is -2.23. The van der Waals surface area contributed by atoms with Crippen molar-refractivity contribution < 1.29 is 0 Å². The summed E-state index contributed by atoms with van der Waals surface area (Å²) in [6.45, 7) is 0.579. The lowest BCUT2D eigenvalue weighted by Gasteiger charge is -2.18. The molecule has 0 aliphatic rings. The molecule has 0 heterocycles. The molecule has 0 amide bonds. The molecule has 3 heteroatoms. The van der Waals surface area contributed by atoms with E-state index in [2.05, 4.69) is 75.7 Å². The van der Waals surface area contributed by atoms with Crippen LogP contribution < -0.4 is 5.32 Å². The average Bonchev–Trinajstić information content (AvgIpc) is 2.46. The van der Waals surface area contributed by atoms with Gasteiger partial charge < -0.3 is 0 Å². The van der Waals surface area contributed by atoms with Gasteiger partial charge >= 0.3 is 0 Å². The Hall–Kier alpha value is -1.27. The SMILES string of the molecule is C#CCN[C@H](Cc1ccc(Br)cc1)c1ccccc1.Cl. The predicted octanol–water partition coefficient (Wildman–Crippen LogP) is 4.38. The van der Waals surface area contributed by atoms with Gasteiger partial charge in [0.1, 0.15) is 0 Å². The van der Waals surface area contributed by atoms with Crippen LogP contribution >= 0.6 is 28.3 Å². The summed E-state index contributed by atoms with van der Waals surface area (Å²) in [6, 6.07) is 19.1. The Bertz CT molecular complexity index is 545. The summed E-state index contributed by atoms with van der Waals surface area (Å²) in [5.41, 5.74) is 2.56. The summed E-state index contributed by atoms with van der Waals surface area (Å²) >= 11 is 3.46. The number of halogens is 2. The number of hydrogen-bond acceptors (Lipinski definition) is 1. The Labute approximate surface area is 135 Å². The first-order chi connectivity index (χ1) is 9.29. The van der Waals surface area contributed by atoms with Crippen LogP contribution in [-0.2, 0) is 6.42 Å². The van der Waals surface area contributed by atoms with Gasteiger partial charge in [-0.1, -0.05) is 64.3 Å². The minimum Gasteiger partial charge on any atom is -0.299 e. The van der Waals surface area contributed by atoms with Gasteiger partial charge in [0.2, 0.25) is 0 Å². The van der Waals surface area contributed by atoms with Crippen LogP contribution in [0, 0.1) is 12.3 Å². The molecular weight excluding hydrogens is 334 g/mol. The highest BCUT2D eigenvalue weighted by Crippen LogP contribution is 2.19. The molecule has 0 aromatic heterocycles. The van der Waals surface area contributed by atoms with Crippen LogP contribution in [-0.4, -0.2) is 6.54 Å². The predicted molar refractivity (Wildman–Crippen MR) is 91.1 cm³/mol. The van der Waals surface area contributed by atoms with Gasteiger partial charge in [0, 0.05) is 10.5 Å². The van der Waals surface area contributed by atoms with E-state index in [0.29, 0.717) is 6.54 Å². The van der Waals surface area contributed by atoms with E-state index in [1.807, 2.05) is 6.07 Å². The lowest BCUT2D eigenvalue weighted by atomic mass is 9.99. The molecule has 0 saturated heterocycles. The molecule has 0 saturated carbocycles. The summed E-state index contributed by atoms with van der Waals surface area (Å²) in [5.74, 6) is 2.64. The van der Waals surface area contributed by atoms with Crippen molar-refractivity contribution in [2.24, 2.45) is 0 Å². The molecule has 2 rings (SSSR count). The van der Waals surface area contributed by atoms with Gasteiger partial charge in [-0.05, 0) is 29.7 Å². The third-order valence-electron chi connectivity index (χ3n) is 3.01. The normalized spacial score (nSPS) is 11.2. The number of terminal acetylenes is 1. The molecule has 0 spiro atoms. The van der Waals surface area contributed by atoms with Gasteiger partial charge in [-0.25, -0.2) is 0 Å². The van der Waals surface area contributed by atoms with Gasteiger partial charge in [-0.3, -0.25) is 5.32 Å². The van der Waals surface area contributed by atoms with Crippen molar-refractivity contribution in [2.75, 3.05) is 6.54 Å². The van der Waals surface area contributed by atoms with Crippen molar-refractivity contribution in [3.05, 3.63) is 70.2 Å². The number of hydrogen-bond donors (Lipinski definition) is 1. The quantitative estimate of drug-likeness (QED) is 0.789. The molecule has 1 atom stereocenters. The Morgan fingerprint density at radius 3 is 2.30 bits per heavy atom. The average molecular weight is 351 g/mol. The van der Waals surface area contributed by atoms with Crippen molar-refractivity contribution in [2.45, 2.75) is 12.5 Å². The molecule has 2 aromatic rings. The first-order valence-corrected chi connectivity index (χ1v) is 7.05. The maximum absolute atomic E-state index is 5.35. The molecule has 0 fully saturated rings. The van der Waals surface area contributed by atoms with E-state index < -0.39 is 0 Å². The molecule has 104 valence electrons. The summed E-state index contributed by atoms with van der Waals surface area (Å²) in [5, 5.41) is 3.40. The van der Waals surface area contributed by atoms with Crippen LogP contribution in [0.2, 0.25) is 0 Å². The second kappa shape index (κ2) is 8.81. The Morgan fingerprint density at radius 2 is 1.70 bits per heavy atom. The third-order valence-corrected chi connectivity index (χ3v) is 3.53. The maximum Gasteiger partial charge on any atom is 0.0578 e. The standard InChI is InChI=1S/C17H16BrN.ClH/c1-2-12-19-17(15-6-4-3-5-7-15)13-14-8-10-16(18)11-9-14;/h1,3-11,17,19H,12-13H2;1H/t17-;/m1./s1. The van der Waals surface area contributed by atoms with Crippen LogP contribution in [0.5, 0.6) is 0 Å². The highest BCUT2D eigenvalue weighted by atomic mass is 79.9. The van der Waals surface area contributed by atoms with Gasteiger partial charge in [0.05, 0.1) is 6.54 Å². The fourth-order valence-corrected chi connectivity index (χ4v) is 2.30. The Balaban J connectivity index is 0.00000200. The van der Waals surface area contributed by atoms with Crippen molar-refractivity contribution in [3.63, 3.8) is 0 Å². The molecule has 2 aromatic carbocycles. The highest BCUT2D eigenvalue weighted by Gasteiger charge is 2.10. The van der Waals surface area contributed by atoms with E-state index in [1.165, 1.54) is 11.1 Å². The minimum atomic E-state index is 0. The van der Waals surface area contributed by atoms with Gasteiger partial charge in [-0.2, -0.15) is 0 Å². The van der Waals surface area contributed by atoms with E-state index in [0.717, 1.165) is 10.9 Å². The molecule has 0 bridgehead atoms. The summed E-state index contributed by atoms with van der Waals surface area (Å²) in [4.78, 5) is 0. The number of rotatable bonds is 5. The highest BCUT2D eigenvalue weighted by molar-refractivity contribution is 9.10. The van der Waals surface area contributed by atoms with Crippen LogP contribution in [0.1, 0.15) is 17.2 Å². The van der Waals surface area contributed by atoms with Crippen molar-refractivity contribution in [3.8, 4) is 12.3 Å². The Morgan fingerprint density at radius 1 is 1.05 bits per heavy atom. The fourth-order valence-electron chi connectivity index (χ4n) is 2.03. The fraction of sp³-hybridized carbons (Fsp3) is 0.176. The van der Waals surface area contributed by atoms with Crippen LogP contribution in [0.25, 0.3) is 0 Å². The topological polar surface area (TPSA) is 12.0 Å². The molecule has 20 heavy (non-hydrogen) atoms. The minimum absolute atomic E-state index is 0. The molecule has 1 nitrogen and oxygen atoms in total. The largest absolute Gasteiger partial charge is 0.299 e. The molecule has 0 aliphatic heterocycles. The Kier molecular flexibility index (Phi) is 7.40. The molecule has 0 radical (unpaired) electrons. The monoisotopic (exact) mass is 349 g/mol. The second-order valence-corrected chi connectivity index (χ2v) is 5.29. The van der Waals surface area contributed by atoms with Crippen LogP contribution in [0.3, 0.4) is 0 Å². The molecule has 0 aliphatic carbocycles. The van der Waals surface area contributed by atoms with Crippen molar-refractivity contribution in [1.82, 2.24) is 5.32 Å². The second-order valence-electron chi connectivity index (χ2n) is 4.38. The summed E-state index contributed by atoms with van der Waals surface area (Å²) < 4.78 is 1.10. The lowest BCUT2D eigenvalue weighted by molar-refractivity contribution is 0.569. The van der Waals surface area contributed by atoms with Crippen molar-refractivity contribution in [1.29, 1.82) is 0 Å². The van der Waals surface area contributed by atoms with E-state index >= 15 is 0 Å². The third kappa shape index (κ3) is 5.02. The number of benzene rings is 2. The van der Waals surface area contributed by atoms with Crippen LogP contribution in [0.4, 0.5) is 0 Å². The summed E-state index contributed by atoms with van der Waals surface area (Å²) in [7, 11) is 0. The van der Waals surface area contributed by atoms with E-state index in [4.69, 9.17) is 6.42 Å². The first kappa shape index (κ1) is 16.8. The van der Waals surface area contributed by atoms with Gasteiger partial charge in [-0.15, -0.1) is 18.8 Å². The van der Waals surface area contributed by atoms with E-state index in [-0.39, 0.29) is 18.4 Å². The van der Waals surface area contributed by atoms with E-state index in [9.17, 15) is 0 Å². The molecule has 1 N–H and O–H groups in total. The zero-order chi connectivity index (χ0) is 13.5. The van der Waals surface area contributed by atoms with Gasteiger partial charge in [0.15, 0.2) is 0 Å². The smallest absolute Gasteiger partial charge is 0.0578 e. The van der Waals surface area contributed by atoms with Gasteiger partial charge in [0.25, 0.3) is 0 Å². The zero-order valence-electron chi connectivity index (χ0n) is 11.1. The summed E-state index contributed by atoms with van der Waals surface area (Å²) in [6.07, 6.45) is 6.28. The first-order valence-electron chi connectivity index (χ1n) is 6.26. The van der Waals surface area contributed by atoms with Crippen molar-refractivity contribution >= 4 is 28.3 Å². The van der Waals surface area contributed by atoms with E-state index in [1.54, 1.807) is 0 Å². The maximum atomic E-state index is 5.35. The molecule has 0 unspecified atom stereocenters. The van der Waals surface area contributed by atoms with Crippen LogP contribution in [0.15, 0.2) is 59.1 Å². The number of nitrogens with one attached hydrogen (secondary N) is 1. The zero-order valence-corrected chi connectivity index (χ0v) is 13.5.